The van der Waals surface area contributed by atoms with Gasteiger partial charge in [-0.15, -0.1) is 0 Å². The molecule has 60 valence electrons. The van der Waals surface area contributed by atoms with Crippen LogP contribution in [0.15, 0.2) is 18.7 Å². The lowest BCUT2D eigenvalue weighted by Gasteiger charge is -2.01. The summed E-state index contributed by atoms with van der Waals surface area (Å²) in [5.74, 6) is 0. The van der Waals surface area contributed by atoms with Crippen molar-refractivity contribution in [2.24, 2.45) is 0 Å². The van der Waals surface area contributed by atoms with Crippen molar-refractivity contribution in [2.75, 3.05) is 0 Å². The number of aliphatic hydroxyl groups is 1. The van der Waals surface area contributed by atoms with Gasteiger partial charge >= 0.3 is 0 Å². The number of aromatic nitrogens is 2. The van der Waals surface area contributed by atoms with E-state index in [0.29, 0.717) is 0 Å². The first-order valence-corrected chi connectivity index (χ1v) is 3.71. The molecule has 0 saturated carbocycles. The zero-order valence-corrected chi connectivity index (χ0v) is 6.57. The summed E-state index contributed by atoms with van der Waals surface area (Å²) in [6.07, 6.45) is 6.43. The second kappa shape index (κ2) is 4.03. The van der Waals surface area contributed by atoms with Crippen LogP contribution in [0, 0.1) is 0 Å². The van der Waals surface area contributed by atoms with Crippen molar-refractivity contribution in [3.8, 4) is 0 Å². The van der Waals surface area contributed by atoms with Crippen molar-refractivity contribution in [2.45, 2.75) is 25.9 Å². The molecule has 0 bridgehead atoms. The highest BCUT2D eigenvalue weighted by molar-refractivity contribution is 5.02. The van der Waals surface area contributed by atoms with Gasteiger partial charge in [-0.3, -0.25) is 0 Å². The fourth-order valence-electron chi connectivity index (χ4n) is 0.835. The summed E-state index contributed by atoms with van der Waals surface area (Å²) in [5.41, 5.74) is 1.08. The molecule has 0 saturated heterocycles. The summed E-state index contributed by atoms with van der Waals surface area (Å²) in [4.78, 5) is 7.74. The van der Waals surface area contributed by atoms with E-state index in [1.165, 1.54) is 6.33 Å². The maximum absolute atomic E-state index is 8.97. The molecular formula is C8H12N2O. The largest absolute Gasteiger partial charge is 0.393 e. The first kappa shape index (κ1) is 8.14. The molecule has 1 aromatic heterocycles. The Balaban J connectivity index is 2.39. The molecule has 3 heteroatoms. The number of rotatable bonds is 3. The molecular weight excluding hydrogens is 140 g/mol. The number of aryl methyl sites for hydroxylation is 1. The topological polar surface area (TPSA) is 46.0 Å². The van der Waals surface area contributed by atoms with Gasteiger partial charge in [0.25, 0.3) is 0 Å². The third-order valence-electron chi connectivity index (χ3n) is 1.46. The van der Waals surface area contributed by atoms with Crippen molar-refractivity contribution in [3.05, 3.63) is 24.3 Å². The Bertz CT molecular complexity index is 199. The van der Waals surface area contributed by atoms with E-state index >= 15 is 0 Å². The van der Waals surface area contributed by atoms with E-state index in [0.717, 1.165) is 18.4 Å². The quantitative estimate of drug-likeness (QED) is 0.696. The Morgan fingerprint density at radius 3 is 2.64 bits per heavy atom. The molecule has 0 aromatic carbocycles. The van der Waals surface area contributed by atoms with E-state index in [9.17, 15) is 0 Å². The van der Waals surface area contributed by atoms with Crippen molar-refractivity contribution in [1.82, 2.24) is 9.97 Å². The minimum absolute atomic E-state index is 0.241. The van der Waals surface area contributed by atoms with Gasteiger partial charge in [0.05, 0.1) is 6.10 Å². The summed E-state index contributed by atoms with van der Waals surface area (Å²) >= 11 is 0. The molecule has 1 N–H and O–H groups in total. The van der Waals surface area contributed by atoms with Crippen LogP contribution < -0.4 is 0 Å². The molecule has 0 spiro atoms. The summed E-state index contributed by atoms with van der Waals surface area (Å²) in [6, 6.07) is 0. The summed E-state index contributed by atoms with van der Waals surface area (Å²) in [5, 5.41) is 8.97. The van der Waals surface area contributed by atoms with E-state index in [2.05, 4.69) is 9.97 Å². The monoisotopic (exact) mass is 152 g/mol. The van der Waals surface area contributed by atoms with Crippen molar-refractivity contribution < 1.29 is 5.11 Å². The molecule has 0 aliphatic carbocycles. The van der Waals surface area contributed by atoms with Gasteiger partial charge in [-0.1, -0.05) is 0 Å². The lowest BCUT2D eigenvalue weighted by Crippen LogP contribution is -2.01. The van der Waals surface area contributed by atoms with Gasteiger partial charge in [0.1, 0.15) is 6.33 Å². The third-order valence-corrected chi connectivity index (χ3v) is 1.46. The van der Waals surface area contributed by atoms with Crippen LogP contribution in [0.2, 0.25) is 0 Å². The second-order valence-corrected chi connectivity index (χ2v) is 2.63. The van der Waals surface area contributed by atoms with E-state index < -0.39 is 0 Å². The Hall–Kier alpha value is -0.960. The number of hydrogen-bond donors (Lipinski definition) is 1. The van der Waals surface area contributed by atoms with E-state index in [1.807, 2.05) is 0 Å². The lowest BCUT2D eigenvalue weighted by molar-refractivity contribution is 0.185. The normalized spacial score (nSPS) is 12.9. The number of aliphatic hydroxyl groups excluding tert-OH is 1. The van der Waals surface area contributed by atoms with Crippen LogP contribution in [0.3, 0.4) is 0 Å². The molecule has 11 heavy (non-hydrogen) atoms. The van der Waals surface area contributed by atoms with Crippen molar-refractivity contribution >= 4 is 0 Å². The van der Waals surface area contributed by atoms with Crippen LogP contribution in [-0.2, 0) is 6.42 Å². The van der Waals surface area contributed by atoms with Crippen LogP contribution in [-0.4, -0.2) is 21.2 Å². The molecule has 1 aromatic rings. The summed E-state index contributed by atoms with van der Waals surface area (Å²) in [7, 11) is 0. The van der Waals surface area contributed by atoms with Gasteiger partial charge < -0.3 is 5.11 Å². The lowest BCUT2D eigenvalue weighted by atomic mass is 10.1. The zero-order valence-electron chi connectivity index (χ0n) is 6.57. The Kier molecular flexibility index (Phi) is 2.98. The van der Waals surface area contributed by atoms with Gasteiger partial charge in [-0.05, 0) is 25.3 Å². The predicted molar refractivity (Wildman–Crippen MR) is 42.0 cm³/mol. The van der Waals surface area contributed by atoms with E-state index in [4.69, 9.17) is 5.11 Å². The molecule has 0 aliphatic rings. The van der Waals surface area contributed by atoms with Crippen LogP contribution in [0.25, 0.3) is 0 Å². The molecule has 1 atom stereocenters. The van der Waals surface area contributed by atoms with Crippen LogP contribution in [0.5, 0.6) is 0 Å². The van der Waals surface area contributed by atoms with Gasteiger partial charge in [-0.25, -0.2) is 9.97 Å². The first-order chi connectivity index (χ1) is 5.29. The molecule has 3 nitrogen and oxygen atoms in total. The average molecular weight is 152 g/mol. The molecule has 0 aliphatic heterocycles. The maximum Gasteiger partial charge on any atom is 0.115 e. The molecule has 1 unspecified atom stereocenters. The fourth-order valence-corrected chi connectivity index (χ4v) is 0.835. The smallest absolute Gasteiger partial charge is 0.115 e. The van der Waals surface area contributed by atoms with Gasteiger partial charge in [0.2, 0.25) is 0 Å². The number of hydrogen-bond acceptors (Lipinski definition) is 3. The van der Waals surface area contributed by atoms with Crippen LogP contribution >= 0.6 is 0 Å². The highest BCUT2D eigenvalue weighted by atomic mass is 16.3. The standard InChI is InChI=1S/C8H12N2O/c1-7(11)2-3-8-4-9-6-10-5-8/h4-7,11H,2-3H2,1H3. The first-order valence-electron chi connectivity index (χ1n) is 3.71. The highest BCUT2D eigenvalue weighted by Crippen LogP contribution is 2.00. The zero-order chi connectivity index (χ0) is 8.10. The summed E-state index contributed by atoms with van der Waals surface area (Å²) in [6.45, 7) is 1.78. The maximum atomic E-state index is 8.97. The van der Waals surface area contributed by atoms with Gasteiger partial charge in [-0.2, -0.15) is 0 Å². The highest BCUT2D eigenvalue weighted by Gasteiger charge is 1.96. The van der Waals surface area contributed by atoms with Crippen LogP contribution in [0.4, 0.5) is 0 Å². The second-order valence-electron chi connectivity index (χ2n) is 2.63. The number of nitrogens with zero attached hydrogens (tertiary/aromatic N) is 2. The Morgan fingerprint density at radius 1 is 1.45 bits per heavy atom. The molecule has 1 rings (SSSR count). The Labute approximate surface area is 66.1 Å². The minimum Gasteiger partial charge on any atom is -0.393 e. The molecule has 0 fully saturated rings. The fraction of sp³-hybridized carbons (Fsp3) is 0.500. The van der Waals surface area contributed by atoms with E-state index in [1.54, 1.807) is 19.3 Å². The molecule has 0 amide bonds. The molecule has 0 radical (unpaired) electrons. The minimum atomic E-state index is -0.241. The van der Waals surface area contributed by atoms with Gasteiger partial charge in [0.15, 0.2) is 0 Å². The predicted octanol–water partition coefficient (Wildman–Crippen LogP) is 0.790. The molecule has 1 heterocycles. The van der Waals surface area contributed by atoms with Gasteiger partial charge in [0, 0.05) is 12.4 Å². The summed E-state index contributed by atoms with van der Waals surface area (Å²) < 4.78 is 0. The SMILES string of the molecule is CC(O)CCc1cncnc1. The third kappa shape index (κ3) is 3.09. The van der Waals surface area contributed by atoms with Crippen molar-refractivity contribution in [3.63, 3.8) is 0 Å². The Morgan fingerprint density at radius 2 is 2.09 bits per heavy atom. The van der Waals surface area contributed by atoms with Crippen LogP contribution in [0.1, 0.15) is 18.9 Å². The van der Waals surface area contributed by atoms with Crippen molar-refractivity contribution in [1.29, 1.82) is 0 Å². The average Bonchev–Trinajstić information content (AvgIpc) is 2.03. The van der Waals surface area contributed by atoms with E-state index in [-0.39, 0.29) is 6.10 Å².